The van der Waals surface area contributed by atoms with E-state index in [0.29, 0.717) is 5.69 Å². The van der Waals surface area contributed by atoms with Crippen LogP contribution in [-0.4, -0.2) is 14.3 Å². The van der Waals surface area contributed by atoms with E-state index in [0.717, 1.165) is 34.9 Å². The summed E-state index contributed by atoms with van der Waals surface area (Å²) in [5.74, 6) is -0.258. The number of amides is 1. The van der Waals surface area contributed by atoms with Crippen LogP contribution in [0.5, 0.6) is 0 Å². The van der Waals surface area contributed by atoms with Gasteiger partial charge in [-0.1, -0.05) is 24.3 Å². The number of halogens is 3. The van der Waals surface area contributed by atoms with Gasteiger partial charge in [0.2, 0.25) is 5.91 Å². The van der Waals surface area contributed by atoms with Gasteiger partial charge in [0.1, 0.15) is 0 Å². The molecule has 0 saturated carbocycles. The summed E-state index contributed by atoms with van der Waals surface area (Å²) in [6.07, 6.45) is -4.42. The van der Waals surface area contributed by atoms with E-state index in [1.807, 2.05) is 32.0 Å². The molecule has 32 heavy (non-hydrogen) atoms. The van der Waals surface area contributed by atoms with Crippen molar-refractivity contribution in [3.05, 3.63) is 89.0 Å². The monoisotopic (exact) mass is 462 g/mol. The largest absolute Gasteiger partial charge is 0.416 e. The minimum Gasteiger partial charge on any atom is -0.326 e. The van der Waals surface area contributed by atoms with Crippen molar-refractivity contribution in [1.29, 1.82) is 0 Å². The smallest absolute Gasteiger partial charge is 0.326 e. The lowest BCUT2D eigenvalue weighted by Gasteiger charge is -2.12. The second-order valence-electron chi connectivity index (χ2n) is 7.35. The number of carbonyl (C=O) groups excluding carboxylic acids is 1. The predicted molar refractivity (Wildman–Crippen MR) is 117 cm³/mol. The standard InChI is InChI=1S/C23H21F3N2O3S/c1-15-6-7-17(12-16(15)2)13-22(29)27-19-8-10-21(11-9-19)32(30,31)28-20-5-3-4-18(14-20)23(24,25)26/h3-12,14,28H,13H2,1-2H3,(H,27,29). The van der Waals surface area contributed by atoms with Gasteiger partial charge in [-0.2, -0.15) is 13.2 Å². The molecule has 9 heteroatoms. The molecule has 2 N–H and O–H groups in total. The minimum absolute atomic E-state index is 0.151. The van der Waals surface area contributed by atoms with Crippen LogP contribution in [0.1, 0.15) is 22.3 Å². The number of rotatable bonds is 6. The number of alkyl halides is 3. The van der Waals surface area contributed by atoms with Crippen LogP contribution in [0.25, 0.3) is 0 Å². The quantitative estimate of drug-likeness (QED) is 0.522. The second kappa shape index (κ2) is 9.04. The zero-order valence-electron chi connectivity index (χ0n) is 17.3. The summed E-state index contributed by atoms with van der Waals surface area (Å²) in [5, 5.41) is 2.70. The molecule has 3 rings (SSSR count). The highest BCUT2D eigenvalue weighted by Crippen LogP contribution is 2.31. The number of hydrogen-bond acceptors (Lipinski definition) is 3. The van der Waals surface area contributed by atoms with Crippen LogP contribution < -0.4 is 10.0 Å². The number of carbonyl (C=O) groups is 1. The minimum atomic E-state index is -4.58. The molecule has 0 heterocycles. The van der Waals surface area contributed by atoms with Crippen LogP contribution in [0, 0.1) is 13.8 Å². The van der Waals surface area contributed by atoms with Crippen molar-refractivity contribution in [2.24, 2.45) is 0 Å². The maximum atomic E-state index is 12.8. The Bertz CT molecular complexity index is 1240. The van der Waals surface area contributed by atoms with Crippen molar-refractivity contribution in [3.8, 4) is 0 Å². The molecule has 3 aromatic rings. The summed E-state index contributed by atoms with van der Waals surface area (Å²) >= 11 is 0. The summed E-state index contributed by atoms with van der Waals surface area (Å²) < 4.78 is 65.7. The van der Waals surface area contributed by atoms with E-state index in [4.69, 9.17) is 0 Å². The first-order valence-corrected chi connectivity index (χ1v) is 11.1. The topological polar surface area (TPSA) is 75.3 Å². The molecular weight excluding hydrogens is 441 g/mol. The molecule has 0 saturated heterocycles. The van der Waals surface area contributed by atoms with Gasteiger partial charge in [0.25, 0.3) is 10.0 Å². The van der Waals surface area contributed by atoms with E-state index in [9.17, 15) is 26.4 Å². The summed E-state index contributed by atoms with van der Waals surface area (Å²) in [6, 6.07) is 15.0. The van der Waals surface area contributed by atoms with Crippen molar-refractivity contribution in [3.63, 3.8) is 0 Å². The predicted octanol–water partition coefficient (Wildman–Crippen LogP) is 5.30. The van der Waals surface area contributed by atoms with Crippen LogP contribution in [-0.2, 0) is 27.4 Å². The molecule has 0 spiro atoms. The van der Waals surface area contributed by atoms with Crippen LogP contribution >= 0.6 is 0 Å². The van der Waals surface area contributed by atoms with E-state index in [-0.39, 0.29) is 22.9 Å². The van der Waals surface area contributed by atoms with Gasteiger partial charge < -0.3 is 5.32 Å². The van der Waals surface area contributed by atoms with Gasteiger partial charge in [0.15, 0.2) is 0 Å². The average Bonchev–Trinajstić information content (AvgIpc) is 2.70. The molecule has 0 radical (unpaired) electrons. The first kappa shape index (κ1) is 23.3. The second-order valence-corrected chi connectivity index (χ2v) is 9.03. The lowest BCUT2D eigenvalue weighted by atomic mass is 10.0. The first-order chi connectivity index (χ1) is 14.9. The third-order valence-electron chi connectivity index (χ3n) is 4.83. The van der Waals surface area contributed by atoms with E-state index in [1.165, 1.54) is 30.3 Å². The van der Waals surface area contributed by atoms with Gasteiger partial charge in [0.05, 0.1) is 16.9 Å². The normalized spacial score (nSPS) is 11.8. The lowest BCUT2D eigenvalue weighted by molar-refractivity contribution is -0.137. The number of sulfonamides is 1. The van der Waals surface area contributed by atoms with E-state index in [1.54, 1.807) is 0 Å². The molecule has 0 fully saturated rings. The van der Waals surface area contributed by atoms with Crippen LogP contribution in [0.2, 0.25) is 0 Å². The Morgan fingerprint density at radius 1 is 0.875 bits per heavy atom. The summed E-state index contributed by atoms with van der Waals surface area (Å²) in [5.41, 5.74) is 2.31. The Labute approximate surface area is 184 Å². The van der Waals surface area contributed by atoms with Crippen LogP contribution in [0.3, 0.4) is 0 Å². The number of benzene rings is 3. The third-order valence-corrected chi connectivity index (χ3v) is 6.22. The maximum absolute atomic E-state index is 12.8. The third kappa shape index (κ3) is 5.88. The fourth-order valence-electron chi connectivity index (χ4n) is 2.99. The summed E-state index contributed by atoms with van der Waals surface area (Å²) in [4.78, 5) is 12.1. The molecule has 0 bridgehead atoms. The van der Waals surface area contributed by atoms with E-state index < -0.39 is 21.8 Å². The SMILES string of the molecule is Cc1ccc(CC(=O)Nc2ccc(S(=O)(=O)Nc3cccc(C(F)(F)F)c3)cc2)cc1C. The molecular formula is C23H21F3N2O3S. The Kier molecular flexibility index (Phi) is 6.59. The van der Waals surface area contributed by atoms with Crippen molar-refractivity contribution < 1.29 is 26.4 Å². The molecule has 1 amide bonds. The lowest BCUT2D eigenvalue weighted by Crippen LogP contribution is -2.16. The van der Waals surface area contributed by atoms with Gasteiger partial charge in [-0.3, -0.25) is 9.52 Å². The highest BCUT2D eigenvalue weighted by Gasteiger charge is 2.30. The van der Waals surface area contributed by atoms with Gasteiger partial charge in [-0.15, -0.1) is 0 Å². The van der Waals surface area contributed by atoms with Crippen molar-refractivity contribution in [2.75, 3.05) is 10.0 Å². The Morgan fingerprint density at radius 2 is 1.56 bits per heavy atom. The fraction of sp³-hybridized carbons (Fsp3) is 0.174. The number of nitrogens with one attached hydrogen (secondary N) is 2. The molecule has 0 aliphatic heterocycles. The Morgan fingerprint density at radius 3 is 2.19 bits per heavy atom. The van der Waals surface area contributed by atoms with Gasteiger partial charge in [0, 0.05) is 11.4 Å². The van der Waals surface area contributed by atoms with E-state index in [2.05, 4.69) is 10.0 Å². The van der Waals surface area contributed by atoms with Crippen LogP contribution in [0.15, 0.2) is 71.6 Å². The summed E-state index contributed by atoms with van der Waals surface area (Å²) in [7, 11) is -4.11. The highest BCUT2D eigenvalue weighted by atomic mass is 32.2. The summed E-state index contributed by atoms with van der Waals surface area (Å²) in [6.45, 7) is 3.94. The van der Waals surface area contributed by atoms with Crippen molar-refractivity contribution in [2.45, 2.75) is 31.3 Å². The van der Waals surface area contributed by atoms with Gasteiger partial charge in [-0.05, 0) is 73.0 Å². The molecule has 0 atom stereocenters. The van der Waals surface area contributed by atoms with Gasteiger partial charge in [-0.25, -0.2) is 8.42 Å². The molecule has 0 aliphatic carbocycles. The Balaban J connectivity index is 1.67. The maximum Gasteiger partial charge on any atom is 0.416 e. The first-order valence-electron chi connectivity index (χ1n) is 9.60. The number of aryl methyl sites for hydroxylation is 2. The number of hydrogen-bond donors (Lipinski definition) is 2. The molecule has 0 aromatic heterocycles. The van der Waals surface area contributed by atoms with Crippen molar-refractivity contribution in [1.82, 2.24) is 0 Å². The molecule has 0 aliphatic rings. The average molecular weight is 462 g/mol. The van der Waals surface area contributed by atoms with Gasteiger partial charge >= 0.3 is 6.18 Å². The molecule has 0 unspecified atom stereocenters. The molecule has 3 aromatic carbocycles. The molecule has 168 valence electrons. The molecule has 5 nitrogen and oxygen atoms in total. The zero-order valence-corrected chi connectivity index (χ0v) is 18.1. The van der Waals surface area contributed by atoms with Crippen molar-refractivity contribution >= 4 is 27.3 Å². The van der Waals surface area contributed by atoms with E-state index >= 15 is 0 Å². The highest BCUT2D eigenvalue weighted by molar-refractivity contribution is 7.92. The fourth-order valence-corrected chi connectivity index (χ4v) is 4.04. The Hall–Kier alpha value is -3.33. The zero-order chi connectivity index (χ0) is 23.5. The number of anilines is 2. The van der Waals surface area contributed by atoms with Crippen LogP contribution in [0.4, 0.5) is 24.5 Å².